The molecule has 0 spiro atoms. The number of hydrogen-bond acceptors (Lipinski definition) is 3. The molecule has 1 aliphatic rings. The maximum absolute atomic E-state index is 11.4. The van der Waals surface area contributed by atoms with Gasteiger partial charge >= 0.3 is 0 Å². The third kappa shape index (κ3) is 2.65. The number of hydrogen-bond donors (Lipinski definition) is 2. The molecule has 0 saturated carbocycles. The first-order valence-corrected chi connectivity index (χ1v) is 5.44. The first kappa shape index (κ1) is 11.4. The summed E-state index contributed by atoms with van der Waals surface area (Å²) in [6.07, 6.45) is 7.54. The van der Waals surface area contributed by atoms with Gasteiger partial charge in [-0.15, -0.1) is 0 Å². The second-order valence-corrected chi connectivity index (χ2v) is 5.01. The van der Waals surface area contributed by atoms with E-state index in [4.69, 9.17) is 0 Å². The van der Waals surface area contributed by atoms with Gasteiger partial charge in [-0.2, -0.15) is 17.4 Å². The number of aliphatic hydroxyl groups is 1. The second-order valence-electron chi connectivity index (χ2n) is 3.13. The molecule has 14 heavy (non-hydrogen) atoms. The number of nitrogens with one attached hydrogen (secondary N) is 1. The standard InChI is InChI=1S/C8H13N2O3S/c1-10(2)14(12,13)9-8(11)6-4-3-5-7-8/h3-7,9,11H,1-2H3. The average molecular weight is 217 g/mol. The number of rotatable bonds is 3. The topological polar surface area (TPSA) is 69.6 Å². The van der Waals surface area contributed by atoms with Gasteiger partial charge in [0.1, 0.15) is 0 Å². The van der Waals surface area contributed by atoms with Gasteiger partial charge in [0.25, 0.3) is 10.2 Å². The Morgan fingerprint density at radius 3 is 2.36 bits per heavy atom. The lowest BCUT2D eigenvalue weighted by Gasteiger charge is -2.27. The number of allylic oxidation sites excluding steroid dienone is 2. The molecular formula is C8H13N2O3S. The van der Waals surface area contributed by atoms with Gasteiger partial charge in [-0.1, -0.05) is 18.2 Å². The predicted octanol–water partition coefficient (Wildman–Crippen LogP) is -0.599. The Labute approximate surface area is 83.9 Å². The summed E-state index contributed by atoms with van der Waals surface area (Å²) in [5.41, 5.74) is -1.63. The van der Waals surface area contributed by atoms with Crippen molar-refractivity contribution in [3.63, 3.8) is 0 Å². The van der Waals surface area contributed by atoms with Crippen LogP contribution in [-0.2, 0) is 10.2 Å². The highest BCUT2D eigenvalue weighted by atomic mass is 32.2. The molecule has 1 rings (SSSR count). The van der Waals surface area contributed by atoms with Crippen molar-refractivity contribution in [3.05, 3.63) is 30.7 Å². The van der Waals surface area contributed by atoms with Gasteiger partial charge in [0, 0.05) is 20.5 Å². The molecule has 0 amide bonds. The molecule has 0 aliphatic heterocycles. The Kier molecular flexibility index (Phi) is 3.10. The van der Waals surface area contributed by atoms with Crippen molar-refractivity contribution in [2.75, 3.05) is 14.1 Å². The predicted molar refractivity (Wildman–Crippen MR) is 53.3 cm³/mol. The highest BCUT2D eigenvalue weighted by Gasteiger charge is 2.30. The van der Waals surface area contributed by atoms with Crippen molar-refractivity contribution in [1.29, 1.82) is 0 Å². The molecular weight excluding hydrogens is 204 g/mol. The molecule has 0 aromatic rings. The van der Waals surface area contributed by atoms with E-state index in [1.54, 1.807) is 18.2 Å². The second kappa shape index (κ2) is 3.82. The lowest BCUT2D eigenvalue weighted by atomic mass is 10.1. The van der Waals surface area contributed by atoms with Gasteiger partial charge in [-0.05, 0) is 6.08 Å². The Morgan fingerprint density at radius 1 is 1.29 bits per heavy atom. The van der Waals surface area contributed by atoms with Gasteiger partial charge in [-0.25, -0.2) is 0 Å². The van der Waals surface area contributed by atoms with E-state index < -0.39 is 15.9 Å². The van der Waals surface area contributed by atoms with Crippen LogP contribution in [0, 0.1) is 6.42 Å². The van der Waals surface area contributed by atoms with Crippen LogP contribution >= 0.6 is 0 Å². The molecule has 0 heterocycles. The van der Waals surface area contributed by atoms with Gasteiger partial charge in [-0.3, -0.25) is 0 Å². The van der Waals surface area contributed by atoms with Crippen LogP contribution in [0.15, 0.2) is 24.3 Å². The largest absolute Gasteiger partial charge is 0.370 e. The minimum absolute atomic E-state index is 0.991. The summed E-state index contributed by atoms with van der Waals surface area (Å²) < 4.78 is 25.9. The first-order chi connectivity index (χ1) is 6.36. The van der Waals surface area contributed by atoms with E-state index >= 15 is 0 Å². The normalized spacial score (nSPS) is 27.1. The van der Waals surface area contributed by atoms with E-state index in [0.717, 1.165) is 4.31 Å². The summed E-state index contributed by atoms with van der Waals surface area (Å²) in [6, 6.07) is 0. The molecule has 0 bridgehead atoms. The van der Waals surface area contributed by atoms with E-state index in [-0.39, 0.29) is 0 Å². The van der Waals surface area contributed by atoms with Crippen molar-refractivity contribution < 1.29 is 13.5 Å². The van der Waals surface area contributed by atoms with Gasteiger partial charge in [0.2, 0.25) is 0 Å². The average Bonchev–Trinajstić information content (AvgIpc) is 2.03. The lowest BCUT2D eigenvalue weighted by Crippen LogP contribution is -2.51. The van der Waals surface area contributed by atoms with Crippen LogP contribution in [0.25, 0.3) is 0 Å². The molecule has 1 radical (unpaired) electrons. The highest BCUT2D eigenvalue weighted by molar-refractivity contribution is 7.87. The summed E-state index contributed by atoms with van der Waals surface area (Å²) in [4.78, 5) is 0. The van der Waals surface area contributed by atoms with E-state index in [0.29, 0.717) is 0 Å². The third-order valence-electron chi connectivity index (χ3n) is 1.70. The Morgan fingerprint density at radius 2 is 1.93 bits per heavy atom. The SMILES string of the molecule is CN(C)S(=O)(=O)NC1(O)[CH]C=CC=C1. The fourth-order valence-corrected chi connectivity index (χ4v) is 1.62. The smallest absolute Gasteiger partial charge is 0.281 e. The van der Waals surface area contributed by atoms with Crippen molar-refractivity contribution in [2.24, 2.45) is 0 Å². The van der Waals surface area contributed by atoms with Crippen molar-refractivity contribution >= 4 is 10.2 Å². The van der Waals surface area contributed by atoms with Crippen LogP contribution in [0.1, 0.15) is 0 Å². The van der Waals surface area contributed by atoms with Crippen molar-refractivity contribution in [1.82, 2.24) is 9.03 Å². The van der Waals surface area contributed by atoms with E-state index in [9.17, 15) is 13.5 Å². The van der Waals surface area contributed by atoms with Crippen LogP contribution in [0.3, 0.4) is 0 Å². The van der Waals surface area contributed by atoms with Gasteiger partial charge in [0.05, 0.1) is 0 Å². The molecule has 79 valence electrons. The monoisotopic (exact) mass is 217 g/mol. The van der Waals surface area contributed by atoms with Crippen LogP contribution in [-0.4, -0.2) is 37.6 Å². The molecule has 0 aromatic heterocycles. The zero-order valence-electron chi connectivity index (χ0n) is 8.01. The molecule has 5 nitrogen and oxygen atoms in total. The summed E-state index contributed by atoms with van der Waals surface area (Å²) in [5, 5.41) is 9.75. The minimum Gasteiger partial charge on any atom is -0.370 e. The molecule has 1 atom stereocenters. The fourth-order valence-electron chi connectivity index (χ4n) is 0.890. The van der Waals surface area contributed by atoms with Crippen LogP contribution in [0.4, 0.5) is 0 Å². The summed E-state index contributed by atoms with van der Waals surface area (Å²) in [5.74, 6) is 0. The molecule has 6 heteroatoms. The van der Waals surface area contributed by atoms with Crippen molar-refractivity contribution in [2.45, 2.75) is 5.72 Å². The van der Waals surface area contributed by atoms with Crippen molar-refractivity contribution in [3.8, 4) is 0 Å². The minimum atomic E-state index is -3.64. The maximum atomic E-state index is 11.4. The van der Waals surface area contributed by atoms with E-state index in [2.05, 4.69) is 4.72 Å². The maximum Gasteiger partial charge on any atom is 0.281 e. The lowest BCUT2D eigenvalue weighted by molar-refractivity contribution is 0.115. The quantitative estimate of drug-likeness (QED) is 0.620. The van der Waals surface area contributed by atoms with E-state index in [1.807, 2.05) is 0 Å². The van der Waals surface area contributed by atoms with Gasteiger partial charge in [0.15, 0.2) is 5.72 Å². The zero-order chi connectivity index (χ0) is 10.8. The van der Waals surface area contributed by atoms with E-state index in [1.165, 1.54) is 26.6 Å². The summed E-state index contributed by atoms with van der Waals surface area (Å²) in [7, 11) is -0.873. The first-order valence-electron chi connectivity index (χ1n) is 4.00. The third-order valence-corrected chi connectivity index (χ3v) is 3.24. The van der Waals surface area contributed by atoms with Crippen LogP contribution in [0.2, 0.25) is 0 Å². The molecule has 0 fully saturated rings. The molecule has 1 aliphatic carbocycles. The summed E-state index contributed by atoms with van der Waals surface area (Å²) in [6.45, 7) is 0. The highest BCUT2D eigenvalue weighted by Crippen LogP contribution is 2.14. The van der Waals surface area contributed by atoms with Crippen LogP contribution < -0.4 is 4.72 Å². The van der Waals surface area contributed by atoms with Crippen LogP contribution in [0.5, 0.6) is 0 Å². The molecule has 0 aromatic carbocycles. The zero-order valence-corrected chi connectivity index (χ0v) is 8.82. The Bertz CT molecular complexity index is 359. The number of nitrogens with zero attached hydrogens (tertiary/aromatic N) is 1. The summed E-state index contributed by atoms with van der Waals surface area (Å²) >= 11 is 0. The molecule has 1 unspecified atom stereocenters. The Balaban J connectivity index is 2.79. The Hall–Kier alpha value is -0.690. The molecule has 2 N–H and O–H groups in total. The fraction of sp³-hybridized carbons (Fsp3) is 0.375. The molecule has 0 saturated heterocycles. The van der Waals surface area contributed by atoms with Gasteiger partial charge < -0.3 is 5.11 Å².